The maximum Gasteiger partial charge on any atom is 0.122 e. The van der Waals surface area contributed by atoms with Gasteiger partial charge in [-0.3, -0.25) is 16.0 Å². The average molecular weight is 313 g/mol. The van der Waals surface area contributed by atoms with Crippen molar-refractivity contribution >= 4 is 0 Å². The summed E-state index contributed by atoms with van der Waals surface area (Å²) >= 11 is 0. The van der Waals surface area contributed by atoms with Crippen molar-refractivity contribution in [3.63, 3.8) is 0 Å². The highest BCUT2D eigenvalue weighted by molar-refractivity contribution is 4.77. The lowest BCUT2D eigenvalue weighted by Gasteiger charge is -2.33. The van der Waals surface area contributed by atoms with E-state index < -0.39 is 0 Å². The van der Waals surface area contributed by atoms with Crippen molar-refractivity contribution in [3.05, 3.63) is 6.92 Å². The molecule has 0 aromatic heterocycles. The highest BCUT2D eigenvalue weighted by atomic mass is 15.3. The summed E-state index contributed by atoms with van der Waals surface area (Å²) in [5.74, 6) is -0.0894. The molecule has 1 radical (unpaired) electrons. The van der Waals surface area contributed by atoms with E-state index in [4.69, 9.17) is 0 Å². The second kappa shape index (κ2) is 15.8. The molecule has 133 valence electrons. The first-order valence-electron chi connectivity index (χ1n) is 9.60. The molecule has 0 rings (SSSR count). The van der Waals surface area contributed by atoms with Gasteiger partial charge >= 0.3 is 0 Å². The Kier molecular flexibility index (Phi) is 15.7. The molecule has 3 heteroatoms. The lowest BCUT2D eigenvalue weighted by atomic mass is 10.0. The fourth-order valence-electron chi connectivity index (χ4n) is 3.08. The molecule has 0 aliphatic rings. The van der Waals surface area contributed by atoms with E-state index in [0.29, 0.717) is 0 Å². The Morgan fingerprint density at radius 2 is 0.864 bits per heavy atom. The summed E-state index contributed by atoms with van der Waals surface area (Å²) in [5, 5.41) is 10.00. The standard InChI is InChI=1S/C19H42N3/c1-5-6-7-8-9-10-11-12-13-14-15-16-17-18-19(20-2,21-3)22-4/h20-22H,1,5-18H2,2-4H3. The number of hydrogen-bond acceptors (Lipinski definition) is 3. The van der Waals surface area contributed by atoms with E-state index >= 15 is 0 Å². The molecular weight excluding hydrogens is 270 g/mol. The van der Waals surface area contributed by atoms with E-state index in [1.165, 1.54) is 77.0 Å². The van der Waals surface area contributed by atoms with Gasteiger partial charge in [0.1, 0.15) is 5.79 Å². The monoisotopic (exact) mass is 312 g/mol. The van der Waals surface area contributed by atoms with Gasteiger partial charge in [-0.2, -0.15) is 0 Å². The fourth-order valence-corrected chi connectivity index (χ4v) is 3.08. The average Bonchev–Trinajstić information content (AvgIpc) is 2.56. The Hall–Kier alpha value is -0.120. The zero-order valence-electron chi connectivity index (χ0n) is 15.6. The third-order valence-corrected chi connectivity index (χ3v) is 4.83. The fraction of sp³-hybridized carbons (Fsp3) is 0.947. The molecule has 3 N–H and O–H groups in total. The van der Waals surface area contributed by atoms with Crippen LogP contribution in [0.2, 0.25) is 0 Å². The largest absolute Gasteiger partial charge is 0.290 e. The minimum atomic E-state index is -0.0894. The second-order valence-corrected chi connectivity index (χ2v) is 6.50. The van der Waals surface area contributed by atoms with E-state index in [-0.39, 0.29) is 5.79 Å². The number of unbranched alkanes of at least 4 members (excludes halogenated alkanes) is 12. The molecule has 0 fully saturated rings. The number of rotatable bonds is 17. The molecular formula is C19H42N3. The van der Waals surface area contributed by atoms with E-state index in [2.05, 4.69) is 22.9 Å². The van der Waals surface area contributed by atoms with Crippen molar-refractivity contribution in [3.8, 4) is 0 Å². The predicted molar refractivity (Wildman–Crippen MR) is 99.9 cm³/mol. The lowest BCUT2D eigenvalue weighted by molar-refractivity contribution is 0.220. The lowest BCUT2D eigenvalue weighted by Crippen LogP contribution is -2.63. The highest BCUT2D eigenvalue weighted by Crippen LogP contribution is 2.14. The van der Waals surface area contributed by atoms with Crippen LogP contribution in [0.25, 0.3) is 0 Å². The first-order chi connectivity index (χ1) is 10.7. The smallest absolute Gasteiger partial charge is 0.122 e. The minimum Gasteiger partial charge on any atom is -0.290 e. The van der Waals surface area contributed by atoms with Gasteiger partial charge in [0.05, 0.1) is 0 Å². The summed E-state index contributed by atoms with van der Waals surface area (Å²) < 4.78 is 0. The van der Waals surface area contributed by atoms with Gasteiger partial charge in [-0.15, -0.1) is 0 Å². The molecule has 0 unspecified atom stereocenters. The zero-order chi connectivity index (χ0) is 16.5. The Morgan fingerprint density at radius 3 is 1.18 bits per heavy atom. The van der Waals surface area contributed by atoms with Crippen LogP contribution in [0.1, 0.15) is 89.9 Å². The summed E-state index contributed by atoms with van der Waals surface area (Å²) in [6.45, 7) is 3.89. The van der Waals surface area contributed by atoms with Gasteiger partial charge < -0.3 is 0 Å². The van der Waals surface area contributed by atoms with Crippen LogP contribution in [-0.4, -0.2) is 26.9 Å². The zero-order valence-corrected chi connectivity index (χ0v) is 15.6. The molecule has 0 aromatic rings. The Balaban J connectivity index is 3.27. The first-order valence-corrected chi connectivity index (χ1v) is 9.60. The molecule has 0 aliphatic carbocycles. The molecule has 0 amide bonds. The molecule has 3 nitrogen and oxygen atoms in total. The maximum atomic E-state index is 3.89. The van der Waals surface area contributed by atoms with Crippen molar-refractivity contribution in [2.24, 2.45) is 0 Å². The van der Waals surface area contributed by atoms with E-state index in [1.54, 1.807) is 0 Å². The van der Waals surface area contributed by atoms with Gasteiger partial charge in [0.2, 0.25) is 0 Å². The molecule has 0 heterocycles. The van der Waals surface area contributed by atoms with Gasteiger partial charge in [-0.05, 0) is 34.0 Å². The minimum absolute atomic E-state index is 0.0894. The van der Waals surface area contributed by atoms with Gasteiger partial charge in [-0.25, -0.2) is 0 Å². The van der Waals surface area contributed by atoms with Crippen LogP contribution >= 0.6 is 0 Å². The molecule has 0 aromatic carbocycles. The molecule has 22 heavy (non-hydrogen) atoms. The normalized spacial score (nSPS) is 12.0. The Labute approximate surface area is 140 Å². The van der Waals surface area contributed by atoms with Crippen LogP contribution in [0.5, 0.6) is 0 Å². The van der Waals surface area contributed by atoms with Crippen LogP contribution in [0.15, 0.2) is 0 Å². The van der Waals surface area contributed by atoms with Crippen LogP contribution in [0.3, 0.4) is 0 Å². The van der Waals surface area contributed by atoms with Crippen molar-refractivity contribution in [2.45, 2.75) is 95.7 Å². The molecule has 0 spiro atoms. The molecule has 0 atom stereocenters. The third-order valence-electron chi connectivity index (χ3n) is 4.83. The van der Waals surface area contributed by atoms with Crippen LogP contribution in [0.4, 0.5) is 0 Å². The van der Waals surface area contributed by atoms with Gasteiger partial charge in [0, 0.05) is 0 Å². The first kappa shape index (κ1) is 21.9. The summed E-state index contributed by atoms with van der Waals surface area (Å²) in [5.41, 5.74) is 0. The van der Waals surface area contributed by atoms with E-state index in [1.807, 2.05) is 21.1 Å². The topological polar surface area (TPSA) is 36.1 Å². The molecule has 0 bridgehead atoms. The number of hydrogen-bond donors (Lipinski definition) is 3. The SMILES string of the molecule is [CH2]CCCCCCCCCCCCCCC(NC)(NC)NC. The summed E-state index contributed by atoms with van der Waals surface area (Å²) in [7, 11) is 6.02. The van der Waals surface area contributed by atoms with Crippen molar-refractivity contribution in [2.75, 3.05) is 21.1 Å². The van der Waals surface area contributed by atoms with E-state index in [9.17, 15) is 0 Å². The van der Waals surface area contributed by atoms with Crippen LogP contribution < -0.4 is 16.0 Å². The summed E-state index contributed by atoms with van der Waals surface area (Å²) in [4.78, 5) is 0. The Morgan fingerprint density at radius 1 is 0.545 bits per heavy atom. The summed E-state index contributed by atoms with van der Waals surface area (Å²) in [6, 6.07) is 0. The molecule has 0 aliphatic heterocycles. The number of nitrogens with one attached hydrogen (secondary N) is 3. The summed E-state index contributed by atoms with van der Waals surface area (Å²) in [6.07, 6.45) is 18.9. The highest BCUT2D eigenvalue weighted by Gasteiger charge is 2.21. The van der Waals surface area contributed by atoms with Gasteiger partial charge in [0.15, 0.2) is 0 Å². The third kappa shape index (κ3) is 11.4. The van der Waals surface area contributed by atoms with Gasteiger partial charge in [-0.1, -0.05) is 84.0 Å². The molecule has 0 saturated heterocycles. The van der Waals surface area contributed by atoms with Crippen LogP contribution in [-0.2, 0) is 0 Å². The van der Waals surface area contributed by atoms with Crippen molar-refractivity contribution in [1.82, 2.24) is 16.0 Å². The van der Waals surface area contributed by atoms with Crippen LogP contribution in [0, 0.1) is 6.92 Å². The van der Waals surface area contributed by atoms with E-state index in [0.717, 1.165) is 12.8 Å². The van der Waals surface area contributed by atoms with Gasteiger partial charge in [0.25, 0.3) is 0 Å². The quantitative estimate of drug-likeness (QED) is 0.271. The maximum absolute atomic E-state index is 3.89. The van der Waals surface area contributed by atoms with Crippen molar-refractivity contribution < 1.29 is 0 Å². The predicted octanol–water partition coefficient (Wildman–Crippen LogP) is 4.59. The van der Waals surface area contributed by atoms with Crippen molar-refractivity contribution in [1.29, 1.82) is 0 Å². The Bertz CT molecular complexity index is 206. The molecule has 0 saturated carbocycles. The second-order valence-electron chi connectivity index (χ2n) is 6.50.